The fourth-order valence-corrected chi connectivity index (χ4v) is 4.30. The van der Waals surface area contributed by atoms with Gasteiger partial charge in [-0.25, -0.2) is 0 Å². The normalized spacial score (nSPS) is 13.4. The van der Waals surface area contributed by atoms with E-state index in [0.717, 1.165) is 34.9 Å². The lowest BCUT2D eigenvalue weighted by atomic mass is 10.2. The van der Waals surface area contributed by atoms with Gasteiger partial charge in [-0.1, -0.05) is 35.3 Å². The Morgan fingerprint density at radius 2 is 1.87 bits per heavy atom. The lowest BCUT2D eigenvalue weighted by Gasteiger charge is -2.20. The molecule has 5 nitrogen and oxygen atoms in total. The van der Waals surface area contributed by atoms with Gasteiger partial charge in [-0.05, 0) is 61.4 Å². The highest BCUT2D eigenvalue weighted by Crippen LogP contribution is 2.31. The standard InChI is InChI=1S/C22H21Cl2N3O2S/c23-15-7-11-17(12-8-15)30-13-3-6-21(28)27(16-9-10-16)14-20-25-26-22(29-20)18-4-1-2-5-19(18)24/h1-2,4-5,7-8,11-12,16H,3,6,9-10,13-14H2. The van der Waals surface area contributed by atoms with Crippen LogP contribution in [0.2, 0.25) is 10.0 Å². The summed E-state index contributed by atoms with van der Waals surface area (Å²) in [7, 11) is 0. The average Bonchev–Trinajstić information content (AvgIpc) is 3.49. The number of thioether (sulfide) groups is 1. The Balaban J connectivity index is 1.31. The molecule has 30 heavy (non-hydrogen) atoms. The molecule has 0 spiro atoms. The SMILES string of the molecule is O=C(CCCSc1ccc(Cl)cc1)N(Cc1nnc(-c2ccccc2Cl)o1)C1CC1. The lowest BCUT2D eigenvalue weighted by molar-refractivity contribution is -0.132. The number of hydrogen-bond donors (Lipinski definition) is 0. The van der Waals surface area contributed by atoms with Gasteiger partial charge < -0.3 is 9.32 Å². The summed E-state index contributed by atoms with van der Waals surface area (Å²) in [5.74, 6) is 1.81. The van der Waals surface area contributed by atoms with Crippen molar-refractivity contribution in [2.75, 3.05) is 5.75 Å². The van der Waals surface area contributed by atoms with E-state index in [1.54, 1.807) is 17.8 Å². The first-order valence-corrected chi connectivity index (χ1v) is 11.6. The molecule has 0 N–H and O–H groups in total. The number of carbonyl (C=O) groups is 1. The number of halogens is 2. The molecule has 3 aromatic rings. The van der Waals surface area contributed by atoms with Gasteiger partial charge in [0.1, 0.15) is 0 Å². The van der Waals surface area contributed by atoms with Crippen LogP contribution in [0.15, 0.2) is 57.8 Å². The zero-order valence-corrected chi connectivity index (χ0v) is 18.6. The van der Waals surface area contributed by atoms with Crippen molar-refractivity contribution in [2.24, 2.45) is 0 Å². The number of aromatic nitrogens is 2. The molecule has 1 aliphatic carbocycles. The minimum absolute atomic E-state index is 0.131. The van der Waals surface area contributed by atoms with Crippen LogP contribution in [0.25, 0.3) is 11.5 Å². The molecular formula is C22H21Cl2N3O2S. The van der Waals surface area contributed by atoms with Gasteiger partial charge in [-0.3, -0.25) is 4.79 Å². The molecule has 1 heterocycles. The number of amides is 1. The maximum absolute atomic E-state index is 12.8. The Morgan fingerprint density at radius 1 is 1.10 bits per heavy atom. The molecule has 1 amide bonds. The van der Waals surface area contributed by atoms with E-state index in [0.29, 0.717) is 35.3 Å². The maximum atomic E-state index is 12.8. The molecule has 0 radical (unpaired) electrons. The van der Waals surface area contributed by atoms with E-state index >= 15 is 0 Å². The number of nitrogens with zero attached hydrogens (tertiary/aromatic N) is 3. The summed E-state index contributed by atoms with van der Waals surface area (Å²) in [5.41, 5.74) is 0.696. The number of rotatable bonds is 9. The molecule has 0 bridgehead atoms. The van der Waals surface area contributed by atoms with Crippen molar-refractivity contribution >= 4 is 40.9 Å². The van der Waals surface area contributed by atoms with Gasteiger partial charge in [-0.15, -0.1) is 22.0 Å². The third-order valence-corrected chi connectivity index (χ3v) is 6.48. The molecule has 1 aliphatic rings. The van der Waals surface area contributed by atoms with E-state index in [2.05, 4.69) is 10.2 Å². The quantitative estimate of drug-likeness (QED) is 0.284. The third-order valence-electron chi connectivity index (χ3n) is 4.80. The van der Waals surface area contributed by atoms with Gasteiger partial charge in [0.25, 0.3) is 0 Å². The van der Waals surface area contributed by atoms with Crippen LogP contribution in [-0.2, 0) is 11.3 Å². The zero-order valence-electron chi connectivity index (χ0n) is 16.3. The van der Waals surface area contributed by atoms with Crippen LogP contribution in [0, 0.1) is 0 Å². The molecule has 0 unspecified atom stereocenters. The first-order chi connectivity index (χ1) is 14.6. The fraction of sp³-hybridized carbons (Fsp3) is 0.318. The average molecular weight is 462 g/mol. The number of hydrogen-bond acceptors (Lipinski definition) is 5. The predicted octanol–water partition coefficient (Wildman–Crippen LogP) is 6.11. The van der Waals surface area contributed by atoms with E-state index in [1.165, 1.54) is 0 Å². The molecule has 4 rings (SSSR count). The van der Waals surface area contributed by atoms with Crippen molar-refractivity contribution in [2.45, 2.75) is 43.2 Å². The second kappa shape index (κ2) is 9.86. The molecule has 1 saturated carbocycles. The Hall–Kier alpha value is -2.02. The first-order valence-electron chi connectivity index (χ1n) is 9.85. The van der Waals surface area contributed by atoms with E-state index in [-0.39, 0.29) is 11.9 Å². The fourth-order valence-electron chi connectivity index (χ4n) is 3.10. The molecule has 2 aromatic carbocycles. The predicted molar refractivity (Wildman–Crippen MR) is 120 cm³/mol. The minimum Gasteiger partial charge on any atom is -0.419 e. The Kier molecular flexibility index (Phi) is 6.97. The van der Waals surface area contributed by atoms with Crippen LogP contribution in [0.5, 0.6) is 0 Å². The highest BCUT2D eigenvalue weighted by Gasteiger charge is 2.33. The molecule has 0 aliphatic heterocycles. The summed E-state index contributed by atoms with van der Waals surface area (Å²) < 4.78 is 5.79. The second-order valence-corrected chi connectivity index (χ2v) is 9.15. The molecule has 0 atom stereocenters. The van der Waals surface area contributed by atoms with Crippen LogP contribution in [0.4, 0.5) is 0 Å². The molecule has 156 valence electrons. The van der Waals surface area contributed by atoms with Crippen molar-refractivity contribution in [3.63, 3.8) is 0 Å². The monoisotopic (exact) mass is 461 g/mol. The van der Waals surface area contributed by atoms with Crippen LogP contribution in [0.1, 0.15) is 31.6 Å². The highest BCUT2D eigenvalue weighted by atomic mass is 35.5. The van der Waals surface area contributed by atoms with Gasteiger partial charge in [-0.2, -0.15) is 0 Å². The Morgan fingerprint density at radius 3 is 2.60 bits per heavy atom. The Bertz CT molecular complexity index is 1010. The van der Waals surface area contributed by atoms with E-state index in [1.807, 2.05) is 47.4 Å². The first kappa shape index (κ1) is 21.2. The smallest absolute Gasteiger partial charge is 0.249 e. The Labute approximate surface area is 189 Å². The van der Waals surface area contributed by atoms with Crippen molar-refractivity contribution in [3.8, 4) is 11.5 Å². The van der Waals surface area contributed by atoms with Gasteiger partial charge in [0, 0.05) is 22.4 Å². The molecular weight excluding hydrogens is 441 g/mol. The van der Waals surface area contributed by atoms with Crippen molar-refractivity contribution in [1.29, 1.82) is 0 Å². The highest BCUT2D eigenvalue weighted by molar-refractivity contribution is 7.99. The number of benzene rings is 2. The summed E-state index contributed by atoms with van der Waals surface area (Å²) in [6, 6.07) is 15.4. The van der Waals surface area contributed by atoms with Gasteiger partial charge >= 0.3 is 0 Å². The lowest BCUT2D eigenvalue weighted by Crippen LogP contribution is -2.32. The van der Waals surface area contributed by atoms with Gasteiger partial charge in [0.2, 0.25) is 17.7 Å². The molecule has 0 saturated heterocycles. The number of carbonyl (C=O) groups excluding carboxylic acids is 1. The summed E-state index contributed by atoms with van der Waals surface area (Å²) >= 11 is 13.8. The molecule has 1 fully saturated rings. The molecule has 1 aromatic heterocycles. The van der Waals surface area contributed by atoms with E-state index in [9.17, 15) is 4.79 Å². The summed E-state index contributed by atoms with van der Waals surface area (Å²) in [6.45, 7) is 0.339. The summed E-state index contributed by atoms with van der Waals surface area (Å²) in [4.78, 5) is 15.8. The van der Waals surface area contributed by atoms with Crippen molar-refractivity contribution in [3.05, 3.63) is 64.5 Å². The summed E-state index contributed by atoms with van der Waals surface area (Å²) in [5, 5.41) is 9.51. The van der Waals surface area contributed by atoms with Crippen LogP contribution in [0.3, 0.4) is 0 Å². The second-order valence-electron chi connectivity index (χ2n) is 7.14. The van der Waals surface area contributed by atoms with Crippen LogP contribution >= 0.6 is 35.0 Å². The molecule has 8 heteroatoms. The summed E-state index contributed by atoms with van der Waals surface area (Å²) in [6.07, 6.45) is 3.36. The zero-order chi connectivity index (χ0) is 20.9. The van der Waals surface area contributed by atoms with Gasteiger partial charge in [0.05, 0.1) is 17.1 Å². The van der Waals surface area contributed by atoms with E-state index in [4.69, 9.17) is 27.6 Å². The maximum Gasteiger partial charge on any atom is 0.249 e. The van der Waals surface area contributed by atoms with E-state index < -0.39 is 0 Å². The van der Waals surface area contributed by atoms with Crippen LogP contribution < -0.4 is 0 Å². The van der Waals surface area contributed by atoms with Gasteiger partial charge in [0.15, 0.2) is 0 Å². The van der Waals surface area contributed by atoms with Crippen molar-refractivity contribution < 1.29 is 9.21 Å². The largest absolute Gasteiger partial charge is 0.419 e. The minimum atomic E-state index is 0.131. The van der Waals surface area contributed by atoms with Crippen LogP contribution in [-0.4, -0.2) is 32.8 Å². The third kappa shape index (κ3) is 5.56. The van der Waals surface area contributed by atoms with Crippen molar-refractivity contribution in [1.82, 2.24) is 15.1 Å². The topological polar surface area (TPSA) is 59.2 Å².